The number of nitrogens with one attached hydrogen (secondary N) is 1. The quantitative estimate of drug-likeness (QED) is 0.828. The van der Waals surface area contributed by atoms with Gasteiger partial charge in [-0.15, -0.1) is 0 Å². The van der Waals surface area contributed by atoms with Gasteiger partial charge in [-0.05, 0) is 31.2 Å². The van der Waals surface area contributed by atoms with Crippen molar-refractivity contribution in [1.82, 2.24) is 9.80 Å². The van der Waals surface area contributed by atoms with Gasteiger partial charge < -0.3 is 19.5 Å². The molecule has 136 valence electrons. The molecule has 1 aromatic heterocycles. The predicted octanol–water partition coefficient (Wildman–Crippen LogP) is 1.88. The molecule has 26 heavy (non-hydrogen) atoms. The molecule has 2 aromatic rings. The predicted molar refractivity (Wildman–Crippen MR) is 96.1 cm³/mol. The van der Waals surface area contributed by atoms with Gasteiger partial charge in [0.15, 0.2) is 11.5 Å². The van der Waals surface area contributed by atoms with Gasteiger partial charge in [0.1, 0.15) is 0 Å². The molecule has 0 radical (unpaired) electrons. The highest BCUT2D eigenvalue weighted by molar-refractivity contribution is 5.95. The maximum atomic E-state index is 12.4. The van der Waals surface area contributed by atoms with E-state index >= 15 is 0 Å². The van der Waals surface area contributed by atoms with Crippen LogP contribution in [-0.4, -0.2) is 60.1 Å². The fraction of sp³-hybridized carbons (Fsp3) is 0.316. The lowest BCUT2D eigenvalue weighted by molar-refractivity contribution is -0.130. The lowest BCUT2D eigenvalue weighted by Gasteiger charge is -2.34. The van der Waals surface area contributed by atoms with Crippen LogP contribution in [-0.2, 0) is 4.79 Å². The summed E-state index contributed by atoms with van der Waals surface area (Å²) >= 11 is 0. The molecule has 0 atom stereocenters. The summed E-state index contributed by atoms with van der Waals surface area (Å²) in [5.74, 6) is 0.110. The second-order valence-corrected chi connectivity index (χ2v) is 6.14. The number of rotatable bonds is 5. The van der Waals surface area contributed by atoms with Gasteiger partial charge in [-0.1, -0.05) is 12.1 Å². The zero-order valence-corrected chi connectivity index (χ0v) is 14.6. The summed E-state index contributed by atoms with van der Waals surface area (Å²) in [6, 6.07) is 10.4. The van der Waals surface area contributed by atoms with E-state index in [2.05, 4.69) is 5.32 Å². The van der Waals surface area contributed by atoms with Crippen LogP contribution < -0.4 is 5.32 Å². The standard InChI is InChI=1S/C19H21N3O4/c1-14(23)15-4-2-5-16(12-15)20-13-18(24)21-7-9-22(10-8-21)19(25)17-6-3-11-26-17/h2-6,11-12,20H,7-10,13H2,1H3. The molecule has 0 bridgehead atoms. The van der Waals surface area contributed by atoms with Crippen LogP contribution >= 0.6 is 0 Å². The van der Waals surface area contributed by atoms with E-state index in [4.69, 9.17) is 4.42 Å². The maximum Gasteiger partial charge on any atom is 0.289 e. The van der Waals surface area contributed by atoms with Crippen molar-refractivity contribution in [3.63, 3.8) is 0 Å². The fourth-order valence-electron chi connectivity index (χ4n) is 2.85. The van der Waals surface area contributed by atoms with Gasteiger partial charge in [0.25, 0.3) is 5.91 Å². The smallest absolute Gasteiger partial charge is 0.289 e. The normalized spacial score (nSPS) is 14.2. The molecule has 1 aliphatic rings. The molecular formula is C19H21N3O4. The Bertz CT molecular complexity index is 793. The molecule has 1 fully saturated rings. The molecule has 7 nitrogen and oxygen atoms in total. The minimum atomic E-state index is -0.152. The monoisotopic (exact) mass is 355 g/mol. The Morgan fingerprint density at radius 3 is 2.42 bits per heavy atom. The van der Waals surface area contributed by atoms with Crippen molar-refractivity contribution in [2.24, 2.45) is 0 Å². The minimum absolute atomic E-state index is 0.0164. The van der Waals surface area contributed by atoms with Crippen molar-refractivity contribution < 1.29 is 18.8 Å². The van der Waals surface area contributed by atoms with E-state index in [1.807, 2.05) is 6.07 Å². The van der Waals surface area contributed by atoms with Gasteiger partial charge in [-0.25, -0.2) is 0 Å². The number of piperazine rings is 1. The highest BCUT2D eigenvalue weighted by Crippen LogP contribution is 2.12. The van der Waals surface area contributed by atoms with Gasteiger partial charge >= 0.3 is 0 Å². The van der Waals surface area contributed by atoms with E-state index in [9.17, 15) is 14.4 Å². The molecule has 7 heteroatoms. The first-order chi connectivity index (χ1) is 12.5. The topological polar surface area (TPSA) is 82.9 Å². The van der Waals surface area contributed by atoms with E-state index < -0.39 is 0 Å². The molecule has 2 heterocycles. The average Bonchev–Trinajstić information content (AvgIpc) is 3.20. The molecule has 1 aromatic carbocycles. The number of carbonyl (C=O) groups excluding carboxylic acids is 3. The van der Waals surface area contributed by atoms with Crippen LogP contribution in [0.15, 0.2) is 47.1 Å². The number of nitrogens with zero attached hydrogens (tertiary/aromatic N) is 2. The van der Waals surface area contributed by atoms with Gasteiger partial charge in [-0.3, -0.25) is 14.4 Å². The molecule has 1 aliphatic heterocycles. The van der Waals surface area contributed by atoms with Crippen molar-refractivity contribution in [3.8, 4) is 0 Å². The number of hydrogen-bond acceptors (Lipinski definition) is 5. The van der Waals surface area contributed by atoms with Crippen LogP contribution in [0.25, 0.3) is 0 Å². The summed E-state index contributed by atoms with van der Waals surface area (Å²) in [6.45, 7) is 3.58. The third-order valence-corrected chi connectivity index (χ3v) is 4.36. The summed E-state index contributed by atoms with van der Waals surface area (Å²) < 4.78 is 5.13. The fourth-order valence-corrected chi connectivity index (χ4v) is 2.85. The third-order valence-electron chi connectivity index (χ3n) is 4.36. The third kappa shape index (κ3) is 4.11. The van der Waals surface area contributed by atoms with E-state index in [0.29, 0.717) is 37.5 Å². The van der Waals surface area contributed by atoms with Crippen molar-refractivity contribution in [1.29, 1.82) is 0 Å². The number of anilines is 1. The molecule has 0 saturated carbocycles. The number of Topliss-reactive ketones (excluding diaryl/α,β-unsaturated/α-hetero) is 1. The van der Waals surface area contributed by atoms with Gasteiger partial charge in [0, 0.05) is 37.4 Å². The number of carbonyl (C=O) groups is 3. The Balaban J connectivity index is 1.49. The van der Waals surface area contributed by atoms with Gasteiger partial charge in [0.2, 0.25) is 5.91 Å². The SMILES string of the molecule is CC(=O)c1cccc(NCC(=O)N2CCN(C(=O)c3ccco3)CC2)c1. The summed E-state index contributed by atoms with van der Waals surface area (Å²) in [6.07, 6.45) is 1.47. The number of furan rings is 1. The van der Waals surface area contributed by atoms with Gasteiger partial charge in [-0.2, -0.15) is 0 Å². The summed E-state index contributed by atoms with van der Waals surface area (Å²) in [5, 5.41) is 3.05. The van der Waals surface area contributed by atoms with E-state index in [0.717, 1.165) is 5.69 Å². The number of ketones is 1. The highest BCUT2D eigenvalue weighted by atomic mass is 16.3. The zero-order valence-electron chi connectivity index (χ0n) is 14.6. The number of amides is 2. The van der Waals surface area contributed by atoms with Crippen molar-refractivity contribution in [2.75, 3.05) is 38.0 Å². The summed E-state index contributed by atoms with van der Waals surface area (Å²) in [5.41, 5.74) is 1.34. The van der Waals surface area contributed by atoms with Gasteiger partial charge in [0.05, 0.1) is 12.8 Å². The van der Waals surface area contributed by atoms with Crippen LogP contribution in [0.4, 0.5) is 5.69 Å². The molecule has 1 saturated heterocycles. The van der Waals surface area contributed by atoms with E-state index in [1.54, 1.807) is 40.1 Å². The Labute approximate surface area is 151 Å². The Hall–Kier alpha value is -3.09. The Morgan fingerprint density at radius 2 is 1.77 bits per heavy atom. The number of benzene rings is 1. The second kappa shape index (κ2) is 7.86. The largest absolute Gasteiger partial charge is 0.459 e. The molecule has 0 unspecified atom stereocenters. The summed E-state index contributed by atoms with van der Waals surface area (Å²) in [4.78, 5) is 39.4. The van der Waals surface area contributed by atoms with Crippen LogP contribution in [0.3, 0.4) is 0 Å². The molecular weight excluding hydrogens is 334 g/mol. The first-order valence-electron chi connectivity index (χ1n) is 8.50. The number of hydrogen-bond donors (Lipinski definition) is 1. The first kappa shape index (κ1) is 17.7. The molecule has 0 aliphatic carbocycles. The van der Waals surface area contributed by atoms with Crippen LogP contribution in [0.1, 0.15) is 27.8 Å². The second-order valence-electron chi connectivity index (χ2n) is 6.14. The van der Waals surface area contributed by atoms with E-state index in [-0.39, 0.29) is 24.1 Å². The van der Waals surface area contributed by atoms with Crippen molar-refractivity contribution in [3.05, 3.63) is 54.0 Å². The summed E-state index contributed by atoms with van der Waals surface area (Å²) in [7, 11) is 0. The Kier molecular flexibility index (Phi) is 5.36. The maximum absolute atomic E-state index is 12.4. The highest BCUT2D eigenvalue weighted by Gasteiger charge is 2.25. The van der Waals surface area contributed by atoms with Crippen LogP contribution in [0.5, 0.6) is 0 Å². The molecule has 0 spiro atoms. The van der Waals surface area contributed by atoms with Crippen molar-refractivity contribution >= 4 is 23.3 Å². The zero-order chi connectivity index (χ0) is 18.5. The van der Waals surface area contributed by atoms with E-state index in [1.165, 1.54) is 13.2 Å². The molecule has 1 N–H and O–H groups in total. The first-order valence-corrected chi connectivity index (χ1v) is 8.50. The lowest BCUT2D eigenvalue weighted by Crippen LogP contribution is -2.51. The lowest BCUT2D eigenvalue weighted by atomic mass is 10.1. The Morgan fingerprint density at radius 1 is 1.04 bits per heavy atom. The molecule has 3 rings (SSSR count). The molecule has 2 amide bonds. The van der Waals surface area contributed by atoms with Crippen LogP contribution in [0, 0.1) is 0 Å². The average molecular weight is 355 g/mol. The van der Waals surface area contributed by atoms with Crippen molar-refractivity contribution in [2.45, 2.75) is 6.92 Å². The minimum Gasteiger partial charge on any atom is -0.459 e. The van der Waals surface area contributed by atoms with Crippen LogP contribution in [0.2, 0.25) is 0 Å².